The number of hydrogen-bond donors (Lipinski definition) is 7. The lowest BCUT2D eigenvalue weighted by atomic mass is 10.1. The number of rotatable bonds is 90. The Balaban J connectivity index is -0.000000473. The molecule has 0 aliphatic heterocycles. The van der Waals surface area contributed by atoms with Gasteiger partial charge in [-0.1, -0.05) is 420 Å². The van der Waals surface area contributed by atoms with Gasteiger partial charge in [0, 0.05) is 0 Å². The van der Waals surface area contributed by atoms with E-state index in [9.17, 15) is 18.9 Å². The van der Waals surface area contributed by atoms with Crippen molar-refractivity contribution in [2.24, 2.45) is 5.92 Å². The Morgan fingerprint density at radius 3 is 0.534 bits per heavy atom. The number of unbranched alkanes of at least 4 members (excludes halogenated alkanes) is 58. The first-order chi connectivity index (χ1) is 56.4. The summed E-state index contributed by atoms with van der Waals surface area (Å²) in [5, 5.41) is 0. The summed E-state index contributed by atoms with van der Waals surface area (Å²) in [7, 11) is -13.4. The van der Waals surface area contributed by atoms with Crippen LogP contribution in [-0.4, -0.2) is 87.1 Å². The third-order valence-electron chi connectivity index (χ3n) is 20.1. The molecule has 0 aromatic heterocycles. The average molecular weight is 1750 g/mol. The summed E-state index contributed by atoms with van der Waals surface area (Å²) in [6.45, 7) is 23.9. The second-order valence-corrected chi connectivity index (χ2v) is 37.9. The van der Waals surface area contributed by atoms with E-state index in [1.54, 1.807) is 0 Å². The number of phosphoric ester groups is 2. The number of phosphoric acid groups is 2. The highest BCUT2D eigenvalue weighted by Crippen LogP contribution is 2.38. The van der Waals surface area contributed by atoms with Crippen LogP contribution in [0.25, 0.3) is 0 Å². The Morgan fingerprint density at radius 2 is 0.362 bits per heavy atom. The van der Waals surface area contributed by atoms with E-state index in [0.29, 0.717) is 45.6 Å². The van der Waals surface area contributed by atoms with E-state index >= 15 is 0 Å². The van der Waals surface area contributed by atoms with E-state index in [1.807, 2.05) is 0 Å². The largest absolute Gasteiger partial charge is 0.469 e. The van der Waals surface area contributed by atoms with Crippen LogP contribution in [0.5, 0.6) is 0 Å². The minimum absolute atomic E-state index is 0.155. The normalized spacial score (nSPS) is 11.9. The second-order valence-electron chi connectivity index (χ2n) is 32.5. The molecule has 0 amide bonds. The Morgan fingerprint density at radius 1 is 0.216 bits per heavy atom. The molecular weight excluding hydrogens is 1560 g/mol. The van der Waals surface area contributed by atoms with Crippen LogP contribution in [0, 0.1) is 5.92 Å². The molecule has 0 unspecified atom stereocenters. The zero-order valence-electron chi connectivity index (χ0n) is 77.6. The van der Waals surface area contributed by atoms with Crippen LogP contribution < -0.4 is 0 Å². The van der Waals surface area contributed by atoms with E-state index < -0.39 is 41.5 Å². The molecule has 0 aliphatic rings. The van der Waals surface area contributed by atoms with Gasteiger partial charge < -0.3 is 61.4 Å². The van der Waals surface area contributed by atoms with Crippen molar-refractivity contribution in [3.05, 3.63) is 36.5 Å². The van der Waals surface area contributed by atoms with Gasteiger partial charge in [-0.05, 0) is 134 Å². The fraction of sp³-hybridized carbons (Fsp3) is 0.936. The zero-order valence-corrected chi connectivity index (χ0v) is 82.1. The molecule has 0 aliphatic carbocycles. The van der Waals surface area contributed by atoms with Crippen molar-refractivity contribution in [3.63, 3.8) is 0 Å². The maximum Gasteiger partial charge on any atom is 0.469 e. The van der Waals surface area contributed by atoms with Gasteiger partial charge in [-0.15, -0.1) is 0 Å². The molecule has 0 saturated carbocycles. The van der Waals surface area contributed by atoms with Gasteiger partial charge in [0.2, 0.25) is 0 Å². The summed E-state index contributed by atoms with van der Waals surface area (Å²) >= 11 is 0. The molecule has 0 saturated heterocycles. The van der Waals surface area contributed by atoms with Crippen LogP contribution in [0.4, 0.5) is 0 Å². The van der Waals surface area contributed by atoms with Crippen molar-refractivity contribution in [3.8, 4) is 0 Å². The third kappa shape index (κ3) is 135. The molecule has 116 heavy (non-hydrogen) atoms. The van der Waals surface area contributed by atoms with Crippen LogP contribution in [0.3, 0.4) is 0 Å². The van der Waals surface area contributed by atoms with Gasteiger partial charge in [0.05, 0.1) is 52.9 Å². The van der Waals surface area contributed by atoms with Crippen LogP contribution >= 0.6 is 41.5 Å². The van der Waals surface area contributed by atoms with Crippen molar-refractivity contribution in [1.29, 1.82) is 0 Å². The molecule has 7 N–H and O–H groups in total. The van der Waals surface area contributed by atoms with Gasteiger partial charge in [0.25, 0.3) is 0 Å². The van der Waals surface area contributed by atoms with Crippen molar-refractivity contribution in [2.45, 2.75) is 512 Å². The molecule has 0 heterocycles. The smallest absolute Gasteiger partial charge is 0.328 e. The van der Waals surface area contributed by atoms with E-state index in [-0.39, 0.29) is 13.2 Å². The predicted molar refractivity (Wildman–Crippen MR) is 504 cm³/mol. The minimum atomic E-state index is -4.26. The summed E-state index contributed by atoms with van der Waals surface area (Å²) in [6.07, 6.45) is 102. The Hall–Kier alpha value is 0.370. The summed E-state index contributed by atoms with van der Waals surface area (Å²) in [6, 6.07) is 0. The van der Waals surface area contributed by atoms with E-state index in [0.717, 1.165) is 96.3 Å². The first-order valence-corrected chi connectivity index (χ1v) is 55.4. The standard InChI is InChI=1S/C36H71O3P.C24H51O3P.C18H37O4P.C8H19O4P.C8H19O3P/c1-3-5-7-9-11-13-15-17-19-21-23-25-27-29-31-33-35-38-40(37)39-36-34-32-30-28-26-24-22-20-18-16-14-12-10-8-6-4-2;1-3-5-7-9-11-13-15-17-19-21-23-26-28(25)27-24-22-20-18-16-14-12-10-8-6-4-2;1-2-3-4-5-6-7-8-9-10-11-12-13-14-15-16-17-18-22-23(19,20)21;1-8(2)6-4-3-5-7-12-13(9,10)11;1-3-5-7-10-12(9)11-8-6-4-2/h17-20,37H,3-16,21-36H2,1-2H3;25H,3-24H2,1-2H3;9-10H,2-8,11-18H2,1H3,(H2,19,20,21);8H,3-7H2,1-2H3,(H2,9,10,11);9H,3-8H2,1-2H3/b19-17-,20-18-;;10-9-;;. The molecule has 22 heteroatoms. The maximum absolute atomic E-state index is 10.5. The van der Waals surface area contributed by atoms with Gasteiger partial charge in [-0.3, -0.25) is 9.05 Å². The van der Waals surface area contributed by atoms with Gasteiger partial charge in [0.1, 0.15) is 0 Å². The highest BCUT2D eigenvalue weighted by Gasteiger charge is 2.14. The molecule has 0 atom stereocenters. The van der Waals surface area contributed by atoms with Gasteiger partial charge in [-0.25, -0.2) is 9.13 Å². The lowest BCUT2D eigenvalue weighted by Gasteiger charge is -2.10. The molecule has 0 fully saturated rings. The predicted octanol–water partition coefficient (Wildman–Crippen LogP) is 33.7. The minimum Gasteiger partial charge on any atom is -0.328 e. The summed E-state index contributed by atoms with van der Waals surface area (Å²) in [5.41, 5.74) is 0. The molecule has 0 spiro atoms. The Kier molecular flexibility index (Phi) is 120. The van der Waals surface area contributed by atoms with E-state index in [1.165, 1.54) is 353 Å². The molecule has 0 rings (SSSR count). The van der Waals surface area contributed by atoms with Crippen molar-refractivity contribution < 1.29 is 79.6 Å². The van der Waals surface area contributed by atoms with E-state index in [2.05, 4.69) is 108 Å². The van der Waals surface area contributed by atoms with Crippen molar-refractivity contribution >= 4 is 41.5 Å². The quantitative estimate of drug-likeness (QED) is 0.0170. The molecule has 700 valence electrons. The monoisotopic (exact) mass is 1750 g/mol. The van der Waals surface area contributed by atoms with Gasteiger partial charge in [0.15, 0.2) is 0 Å². The molecular formula is C94H197O17P5. The third-order valence-corrected chi connectivity index (χ3v) is 23.6. The SMILES string of the molecule is CC(C)CCCCCOP(=O)(O)O.CCCCCCCC/C=C\CCCCCCCCOP(=O)(O)O.CCCCCCCC/C=C\CCCCCCCCOP(O)OCCCCCCCC/C=C\CCCCCCCC.CCCCCCCCCCCCOP(O)OCCCCCCCCCCCC.CCCCOP(O)OCCCC. The fourth-order valence-corrected chi connectivity index (χ4v) is 15.4. The summed E-state index contributed by atoms with van der Waals surface area (Å²) in [4.78, 5) is 62.5. The van der Waals surface area contributed by atoms with E-state index in [4.69, 9.17) is 51.6 Å². The van der Waals surface area contributed by atoms with Crippen LogP contribution in [0.2, 0.25) is 0 Å². The lowest BCUT2D eigenvalue weighted by Crippen LogP contribution is -1.95. The topological polar surface area (TPSA) is 250 Å². The first kappa shape index (κ1) is 125. The van der Waals surface area contributed by atoms with Gasteiger partial charge in [-0.2, -0.15) is 0 Å². The highest BCUT2D eigenvalue weighted by atomic mass is 31.2. The van der Waals surface area contributed by atoms with Crippen molar-refractivity contribution in [2.75, 3.05) is 52.9 Å². The fourth-order valence-electron chi connectivity index (χ4n) is 12.7. The number of hydrogen-bond acceptors (Lipinski definition) is 13. The molecule has 0 radical (unpaired) electrons. The van der Waals surface area contributed by atoms with Crippen LogP contribution in [-0.2, 0) is 45.3 Å². The average Bonchev–Trinajstić information content (AvgIpc) is 1.02. The number of allylic oxidation sites excluding steroid dienone is 6. The Bertz CT molecular complexity index is 1860. The maximum atomic E-state index is 10.5. The van der Waals surface area contributed by atoms with Crippen LogP contribution in [0.1, 0.15) is 512 Å². The molecule has 0 bridgehead atoms. The van der Waals surface area contributed by atoms with Crippen molar-refractivity contribution in [1.82, 2.24) is 0 Å². The molecule has 0 aromatic carbocycles. The molecule has 0 aromatic rings. The lowest BCUT2D eigenvalue weighted by molar-refractivity contribution is 0.191. The highest BCUT2D eigenvalue weighted by molar-refractivity contribution is 7.46. The Labute approximate surface area is 723 Å². The summed E-state index contributed by atoms with van der Waals surface area (Å²) in [5.74, 6) is 0.697. The molecule has 17 nitrogen and oxygen atoms in total. The first-order valence-electron chi connectivity index (χ1n) is 49.0. The van der Waals surface area contributed by atoms with Crippen LogP contribution in [0.15, 0.2) is 36.5 Å². The summed E-state index contributed by atoms with van der Waals surface area (Å²) < 4.78 is 61.2. The second kappa shape index (κ2) is 111. The zero-order chi connectivity index (χ0) is 86.4. The van der Waals surface area contributed by atoms with Gasteiger partial charge >= 0.3 is 41.5 Å².